The number of carbonyl (C=O) groups is 4. The van der Waals surface area contributed by atoms with Gasteiger partial charge in [0.1, 0.15) is 11.5 Å². The summed E-state index contributed by atoms with van der Waals surface area (Å²) in [7, 11) is 3.62. The second-order valence-electron chi connectivity index (χ2n) is 12.3. The first-order chi connectivity index (χ1) is 24.4. The molecule has 0 bridgehead atoms. The minimum Gasteiger partial charge on any atom is -0.469 e. The van der Waals surface area contributed by atoms with Crippen molar-refractivity contribution < 1.29 is 48.0 Å². The van der Waals surface area contributed by atoms with Gasteiger partial charge in [0, 0.05) is 29.4 Å². The number of ether oxygens (including phenoxy) is 3. The molecule has 4 rings (SSSR count). The van der Waals surface area contributed by atoms with Crippen molar-refractivity contribution in [1.29, 1.82) is 0 Å². The van der Waals surface area contributed by atoms with Crippen molar-refractivity contribution in [3.63, 3.8) is 0 Å². The zero-order valence-electron chi connectivity index (χ0n) is 29.3. The number of hydrogen-bond donors (Lipinski definition) is 3. The van der Waals surface area contributed by atoms with Crippen LogP contribution in [0.1, 0.15) is 81.6 Å². The molecule has 3 aromatic carbocycles. The van der Waals surface area contributed by atoms with Crippen LogP contribution < -0.4 is 5.32 Å². The van der Waals surface area contributed by atoms with Gasteiger partial charge in [0.05, 0.1) is 51.1 Å². The van der Waals surface area contributed by atoms with Crippen molar-refractivity contribution in [3.8, 4) is 22.3 Å². The number of esters is 3. The van der Waals surface area contributed by atoms with Crippen LogP contribution in [-0.4, -0.2) is 72.1 Å². The molecule has 12 heteroatoms. The number of halogens is 1. The molecule has 2 atom stereocenters. The van der Waals surface area contributed by atoms with Crippen LogP contribution in [0.15, 0.2) is 72.8 Å². The number of hydrogen-bond acceptors (Lipinski definition) is 9. The van der Waals surface area contributed by atoms with Gasteiger partial charge in [-0.15, -0.1) is 0 Å². The number of nitrogens with one attached hydrogen (secondary N) is 1. The first-order valence-corrected chi connectivity index (χ1v) is 16.5. The fraction of sp³-hybridized carbons (Fsp3) is 0.333. The number of nitrogens with zero attached hydrogens (tertiary/aromatic N) is 1. The van der Waals surface area contributed by atoms with Crippen LogP contribution in [0.3, 0.4) is 0 Å². The van der Waals surface area contributed by atoms with Crippen molar-refractivity contribution in [1.82, 2.24) is 9.88 Å². The first kappa shape index (κ1) is 38.5. The van der Waals surface area contributed by atoms with Gasteiger partial charge in [0.2, 0.25) is 0 Å². The molecule has 0 aliphatic heterocycles. The highest BCUT2D eigenvalue weighted by atomic mass is 19.1. The molecule has 4 aromatic rings. The van der Waals surface area contributed by atoms with Crippen molar-refractivity contribution in [2.24, 2.45) is 0 Å². The number of methoxy groups -OCH3 is 3. The highest BCUT2D eigenvalue weighted by molar-refractivity contribution is 6.05. The summed E-state index contributed by atoms with van der Waals surface area (Å²) < 4.78 is 30.4. The normalized spacial score (nSPS) is 12.3. The molecule has 11 nitrogen and oxygen atoms in total. The maximum atomic E-state index is 14.4. The Morgan fingerprint density at radius 3 is 2.02 bits per heavy atom. The van der Waals surface area contributed by atoms with Crippen LogP contribution in [0, 0.1) is 5.82 Å². The lowest BCUT2D eigenvalue weighted by molar-refractivity contribution is -0.143. The van der Waals surface area contributed by atoms with Crippen molar-refractivity contribution in [2.45, 2.75) is 64.3 Å². The molecule has 0 spiro atoms. The van der Waals surface area contributed by atoms with Crippen molar-refractivity contribution in [2.75, 3.05) is 21.3 Å². The number of aliphatic hydroxyl groups is 2. The molecule has 3 N–H and O–H groups in total. The Morgan fingerprint density at radius 2 is 1.41 bits per heavy atom. The summed E-state index contributed by atoms with van der Waals surface area (Å²) >= 11 is 0. The van der Waals surface area contributed by atoms with Gasteiger partial charge in [-0.2, -0.15) is 0 Å². The second-order valence-corrected chi connectivity index (χ2v) is 12.3. The van der Waals surface area contributed by atoms with E-state index < -0.39 is 41.8 Å². The van der Waals surface area contributed by atoms with E-state index in [1.54, 1.807) is 18.2 Å². The minimum atomic E-state index is -1.11. The van der Waals surface area contributed by atoms with Gasteiger partial charge in [0.25, 0.3) is 5.91 Å². The number of rotatable bonds is 15. The summed E-state index contributed by atoms with van der Waals surface area (Å²) in [6.07, 6.45) is -1.97. The van der Waals surface area contributed by atoms with Crippen LogP contribution in [0.25, 0.3) is 22.3 Å². The van der Waals surface area contributed by atoms with Crippen LogP contribution in [0.4, 0.5) is 4.39 Å². The average Bonchev–Trinajstić information content (AvgIpc) is 3.48. The fourth-order valence-corrected chi connectivity index (χ4v) is 6.12. The lowest BCUT2D eigenvalue weighted by Gasteiger charge is -2.20. The molecule has 0 fully saturated rings. The Morgan fingerprint density at radius 1 is 0.784 bits per heavy atom. The Bertz CT molecular complexity index is 1850. The third-order valence-corrected chi connectivity index (χ3v) is 8.47. The van der Waals surface area contributed by atoms with E-state index in [1.807, 2.05) is 48.7 Å². The topological polar surface area (TPSA) is 153 Å². The first-order valence-electron chi connectivity index (χ1n) is 16.5. The van der Waals surface area contributed by atoms with Gasteiger partial charge in [0.15, 0.2) is 0 Å². The summed E-state index contributed by atoms with van der Waals surface area (Å²) in [6.45, 7) is 3.84. The van der Waals surface area contributed by atoms with Gasteiger partial charge in [-0.1, -0.05) is 48.5 Å². The van der Waals surface area contributed by atoms with Crippen LogP contribution in [-0.2, 0) is 32.0 Å². The second kappa shape index (κ2) is 17.6. The lowest BCUT2D eigenvalue weighted by atomic mass is 9.92. The minimum absolute atomic E-state index is 0.0113. The number of benzene rings is 3. The van der Waals surface area contributed by atoms with Gasteiger partial charge < -0.3 is 34.3 Å². The Hall–Kier alpha value is -5.33. The standard InChI is InChI=1S/C39H43FN2O9/c1-23(2)42-32(18-16-28(43)20-29(44)21-33(45)49-3)34(26-12-14-27(40)15-13-26)35(25-9-7-6-8-10-25)36(42)37(46)41-22-24-11-17-30(38(47)50-4)31(19-24)39(48)51-5/h6-15,17,19,23,28-29,43-44H,16,18,20-22H2,1-5H3,(H,41,46)/t28-,29-/m1/s1. The third-order valence-electron chi connectivity index (χ3n) is 8.47. The molecular formula is C39H43FN2O9. The molecule has 0 aliphatic carbocycles. The number of carbonyl (C=O) groups excluding carboxylic acids is 4. The average molecular weight is 703 g/mol. The smallest absolute Gasteiger partial charge is 0.338 e. The molecule has 0 aliphatic rings. The Balaban J connectivity index is 1.82. The summed E-state index contributed by atoms with van der Waals surface area (Å²) in [5.41, 5.74) is 4.22. The Kier molecular flexibility index (Phi) is 13.2. The van der Waals surface area contributed by atoms with E-state index in [9.17, 15) is 33.8 Å². The maximum Gasteiger partial charge on any atom is 0.338 e. The van der Waals surface area contributed by atoms with E-state index in [0.29, 0.717) is 33.6 Å². The van der Waals surface area contributed by atoms with Crippen molar-refractivity contribution in [3.05, 3.63) is 107 Å². The van der Waals surface area contributed by atoms with Gasteiger partial charge >= 0.3 is 17.9 Å². The molecule has 0 saturated heterocycles. The molecule has 1 aromatic heterocycles. The molecule has 1 heterocycles. The monoisotopic (exact) mass is 702 g/mol. The number of aromatic nitrogens is 1. The Labute approximate surface area is 296 Å². The lowest BCUT2D eigenvalue weighted by Crippen LogP contribution is -2.27. The van der Waals surface area contributed by atoms with E-state index in [-0.39, 0.29) is 49.4 Å². The molecular weight excluding hydrogens is 659 g/mol. The maximum absolute atomic E-state index is 14.4. The molecule has 270 valence electrons. The molecule has 0 radical (unpaired) electrons. The van der Waals surface area contributed by atoms with E-state index in [0.717, 1.165) is 5.56 Å². The molecule has 1 amide bonds. The summed E-state index contributed by atoms with van der Waals surface area (Å²) in [5.74, 6) is -2.91. The number of aliphatic hydroxyl groups excluding tert-OH is 2. The third kappa shape index (κ3) is 9.27. The zero-order chi connectivity index (χ0) is 37.2. The molecule has 0 saturated carbocycles. The van der Waals surface area contributed by atoms with Crippen LogP contribution in [0.2, 0.25) is 0 Å². The van der Waals surface area contributed by atoms with E-state index in [4.69, 9.17) is 9.47 Å². The SMILES string of the molecule is COC(=O)C[C@H](O)C[C@H](O)CCc1c(-c2ccc(F)cc2)c(-c2ccccc2)c(C(=O)NCc2ccc(C(=O)OC)c(C(=O)OC)c2)n1C(C)C. The van der Waals surface area contributed by atoms with Crippen LogP contribution >= 0.6 is 0 Å². The summed E-state index contributed by atoms with van der Waals surface area (Å²) in [4.78, 5) is 50.9. The summed E-state index contributed by atoms with van der Waals surface area (Å²) in [5, 5.41) is 24.3. The fourth-order valence-electron chi connectivity index (χ4n) is 6.12. The summed E-state index contributed by atoms with van der Waals surface area (Å²) in [6, 6.07) is 19.5. The predicted octanol–water partition coefficient (Wildman–Crippen LogP) is 5.65. The van der Waals surface area contributed by atoms with Gasteiger partial charge in [-0.05, 0) is 74.1 Å². The highest BCUT2D eigenvalue weighted by Gasteiger charge is 2.31. The van der Waals surface area contributed by atoms with E-state index in [2.05, 4.69) is 10.1 Å². The van der Waals surface area contributed by atoms with E-state index in [1.165, 1.54) is 45.6 Å². The zero-order valence-corrected chi connectivity index (χ0v) is 29.3. The van der Waals surface area contributed by atoms with Gasteiger partial charge in [-0.25, -0.2) is 14.0 Å². The number of amides is 1. The predicted molar refractivity (Wildman–Crippen MR) is 188 cm³/mol. The highest BCUT2D eigenvalue weighted by Crippen LogP contribution is 2.42. The van der Waals surface area contributed by atoms with Crippen molar-refractivity contribution >= 4 is 23.8 Å². The van der Waals surface area contributed by atoms with Crippen LogP contribution in [0.5, 0.6) is 0 Å². The quantitative estimate of drug-likeness (QED) is 0.105. The molecule has 0 unspecified atom stereocenters. The van der Waals surface area contributed by atoms with Gasteiger partial charge in [-0.3, -0.25) is 9.59 Å². The largest absolute Gasteiger partial charge is 0.469 e. The molecule has 51 heavy (non-hydrogen) atoms. The van der Waals surface area contributed by atoms with E-state index >= 15 is 0 Å².